The van der Waals surface area contributed by atoms with Crippen LogP contribution in [0.1, 0.15) is 43.8 Å². The molecule has 0 radical (unpaired) electrons. The van der Waals surface area contributed by atoms with Crippen molar-refractivity contribution in [3.8, 4) is 0 Å². The molecule has 128 valence electrons. The van der Waals surface area contributed by atoms with Crippen molar-refractivity contribution in [1.29, 1.82) is 0 Å². The molecule has 1 aliphatic carbocycles. The summed E-state index contributed by atoms with van der Waals surface area (Å²) in [5.41, 5.74) is 0.762. The molecule has 1 aliphatic heterocycles. The third-order valence-corrected chi connectivity index (χ3v) is 5.16. The first-order chi connectivity index (χ1) is 10.6. The lowest BCUT2D eigenvalue weighted by Crippen LogP contribution is -2.44. The van der Waals surface area contributed by atoms with E-state index in [1.54, 1.807) is 24.3 Å². The molecule has 1 amide bonds. The molecule has 0 aromatic heterocycles. The molecule has 6 heteroatoms. The molecule has 2 aliphatic rings. The van der Waals surface area contributed by atoms with Gasteiger partial charge in [0.15, 0.2) is 0 Å². The molecule has 23 heavy (non-hydrogen) atoms. The van der Waals surface area contributed by atoms with Gasteiger partial charge >= 0.3 is 0 Å². The van der Waals surface area contributed by atoms with Crippen molar-refractivity contribution in [1.82, 2.24) is 10.6 Å². The molecule has 1 saturated heterocycles. The number of nitrogens with one attached hydrogen (secondary N) is 2. The van der Waals surface area contributed by atoms with Gasteiger partial charge in [0, 0.05) is 17.6 Å². The van der Waals surface area contributed by atoms with E-state index in [2.05, 4.69) is 10.6 Å². The topological polar surface area (TPSA) is 61.4 Å². The van der Waals surface area contributed by atoms with E-state index in [9.17, 15) is 9.90 Å². The summed E-state index contributed by atoms with van der Waals surface area (Å²) in [6.45, 7) is 0.230. The zero-order valence-corrected chi connectivity index (χ0v) is 14.6. The van der Waals surface area contributed by atoms with E-state index in [-0.39, 0.29) is 30.9 Å². The Labute approximate surface area is 148 Å². The summed E-state index contributed by atoms with van der Waals surface area (Å²) in [4.78, 5) is 12.3. The number of halogens is 2. The van der Waals surface area contributed by atoms with Crippen molar-refractivity contribution >= 4 is 29.9 Å². The SMILES string of the molecule is Cl.O=C(NCC(O)c1ccc(Cl)cc1)C1CC2CCCCC2N1. The van der Waals surface area contributed by atoms with Gasteiger partial charge in [0.1, 0.15) is 0 Å². The smallest absolute Gasteiger partial charge is 0.237 e. The molecule has 1 saturated carbocycles. The quantitative estimate of drug-likeness (QED) is 0.775. The highest BCUT2D eigenvalue weighted by Gasteiger charge is 2.38. The second kappa shape index (κ2) is 8.34. The van der Waals surface area contributed by atoms with Gasteiger partial charge in [-0.05, 0) is 42.9 Å². The van der Waals surface area contributed by atoms with Gasteiger partial charge in [-0.3, -0.25) is 4.79 Å². The number of aliphatic hydroxyl groups excluding tert-OH is 1. The van der Waals surface area contributed by atoms with Gasteiger partial charge in [-0.15, -0.1) is 12.4 Å². The number of amides is 1. The number of rotatable bonds is 4. The van der Waals surface area contributed by atoms with E-state index >= 15 is 0 Å². The number of fused-ring (bicyclic) bond motifs is 1. The van der Waals surface area contributed by atoms with Crippen molar-refractivity contribution in [3.63, 3.8) is 0 Å². The summed E-state index contributed by atoms with van der Waals surface area (Å²) < 4.78 is 0. The Balaban J connectivity index is 0.00000192. The van der Waals surface area contributed by atoms with E-state index in [1.807, 2.05) is 0 Å². The van der Waals surface area contributed by atoms with Gasteiger partial charge < -0.3 is 15.7 Å². The lowest BCUT2D eigenvalue weighted by atomic mass is 9.85. The van der Waals surface area contributed by atoms with Gasteiger partial charge in [0.05, 0.1) is 12.1 Å². The van der Waals surface area contributed by atoms with Crippen molar-refractivity contribution in [3.05, 3.63) is 34.9 Å². The molecule has 1 aromatic carbocycles. The van der Waals surface area contributed by atoms with Crippen LogP contribution < -0.4 is 10.6 Å². The zero-order valence-electron chi connectivity index (χ0n) is 13.0. The largest absolute Gasteiger partial charge is 0.387 e. The maximum Gasteiger partial charge on any atom is 0.237 e. The second-order valence-corrected chi connectivity index (χ2v) is 6.85. The van der Waals surface area contributed by atoms with Crippen LogP contribution in [0.25, 0.3) is 0 Å². The van der Waals surface area contributed by atoms with Crippen LogP contribution in [0, 0.1) is 5.92 Å². The average molecular weight is 359 g/mol. The molecule has 4 nitrogen and oxygen atoms in total. The summed E-state index contributed by atoms with van der Waals surface area (Å²) in [6, 6.07) is 7.44. The fourth-order valence-electron chi connectivity index (χ4n) is 3.64. The predicted molar refractivity (Wildman–Crippen MR) is 94.0 cm³/mol. The van der Waals surface area contributed by atoms with E-state index in [0.717, 1.165) is 12.0 Å². The van der Waals surface area contributed by atoms with Crippen LogP contribution in [0.2, 0.25) is 5.02 Å². The Morgan fingerprint density at radius 2 is 2.00 bits per heavy atom. The number of benzene rings is 1. The first-order valence-electron chi connectivity index (χ1n) is 8.11. The normalized spacial score (nSPS) is 27.7. The van der Waals surface area contributed by atoms with E-state index in [0.29, 0.717) is 17.0 Å². The minimum atomic E-state index is -0.704. The molecule has 3 N–H and O–H groups in total. The zero-order chi connectivity index (χ0) is 15.5. The number of carbonyl (C=O) groups excluding carboxylic acids is 1. The molecule has 1 heterocycles. The monoisotopic (exact) mass is 358 g/mol. The average Bonchev–Trinajstić information content (AvgIpc) is 2.97. The Morgan fingerprint density at radius 3 is 2.70 bits per heavy atom. The van der Waals surface area contributed by atoms with Crippen LogP contribution in [0.3, 0.4) is 0 Å². The maximum absolute atomic E-state index is 12.3. The van der Waals surface area contributed by atoms with Crippen LogP contribution in [0.5, 0.6) is 0 Å². The molecule has 0 bridgehead atoms. The second-order valence-electron chi connectivity index (χ2n) is 6.42. The standard InChI is InChI=1S/C17H23ClN2O2.ClH/c18-13-7-5-11(6-8-13)16(21)10-19-17(22)15-9-12-3-1-2-4-14(12)20-15;/h5-8,12,14-16,20-21H,1-4,9-10H2,(H,19,22);1H. The van der Waals surface area contributed by atoms with Crippen LogP contribution >= 0.6 is 24.0 Å². The number of aliphatic hydroxyl groups is 1. The Hall–Kier alpha value is -0.810. The fraction of sp³-hybridized carbons (Fsp3) is 0.588. The first kappa shape index (κ1) is 18.5. The third kappa shape index (κ3) is 4.60. The van der Waals surface area contributed by atoms with Gasteiger partial charge in [0.25, 0.3) is 0 Å². The molecule has 2 fully saturated rings. The van der Waals surface area contributed by atoms with E-state index < -0.39 is 6.10 Å². The van der Waals surface area contributed by atoms with Crippen LogP contribution in [0.4, 0.5) is 0 Å². The van der Waals surface area contributed by atoms with Crippen molar-refractivity contribution in [2.45, 2.75) is 50.3 Å². The molecule has 3 rings (SSSR count). The van der Waals surface area contributed by atoms with Gasteiger partial charge in [0.2, 0.25) is 5.91 Å². The number of hydrogen-bond donors (Lipinski definition) is 3. The summed E-state index contributed by atoms with van der Waals surface area (Å²) >= 11 is 5.83. The highest BCUT2D eigenvalue weighted by Crippen LogP contribution is 2.33. The van der Waals surface area contributed by atoms with Crippen molar-refractivity contribution < 1.29 is 9.90 Å². The Bertz CT molecular complexity index is 510. The van der Waals surface area contributed by atoms with Crippen molar-refractivity contribution in [2.24, 2.45) is 5.92 Å². The summed E-state index contributed by atoms with van der Waals surface area (Å²) in [5, 5.41) is 17.1. The third-order valence-electron chi connectivity index (χ3n) is 4.90. The number of carbonyl (C=O) groups is 1. The van der Waals surface area contributed by atoms with Gasteiger partial charge in [-0.25, -0.2) is 0 Å². The highest BCUT2D eigenvalue weighted by molar-refractivity contribution is 6.30. The van der Waals surface area contributed by atoms with Gasteiger partial charge in [-0.1, -0.05) is 36.6 Å². The van der Waals surface area contributed by atoms with E-state index in [1.165, 1.54) is 25.7 Å². The predicted octanol–water partition coefficient (Wildman–Crippen LogP) is 2.83. The summed E-state index contributed by atoms with van der Waals surface area (Å²) in [7, 11) is 0. The first-order valence-corrected chi connectivity index (χ1v) is 8.48. The Kier molecular flexibility index (Phi) is 6.72. The minimum Gasteiger partial charge on any atom is -0.387 e. The molecular formula is C17H24Cl2N2O2. The van der Waals surface area contributed by atoms with Crippen LogP contribution in [-0.2, 0) is 4.79 Å². The molecular weight excluding hydrogens is 335 g/mol. The van der Waals surface area contributed by atoms with E-state index in [4.69, 9.17) is 11.6 Å². The maximum atomic E-state index is 12.3. The highest BCUT2D eigenvalue weighted by atomic mass is 35.5. The van der Waals surface area contributed by atoms with Crippen LogP contribution in [0.15, 0.2) is 24.3 Å². The van der Waals surface area contributed by atoms with Gasteiger partial charge in [-0.2, -0.15) is 0 Å². The number of hydrogen-bond acceptors (Lipinski definition) is 3. The molecule has 0 spiro atoms. The molecule has 4 atom stereocenters. The lowest BCUT2D eigenvalue weighted by Gasteiger charge is -2.24. The Morgan fingerprint density at radius 1 is 1.30 bits per heavy atom. The summed E-state index contributed by atoms with van der Waals surface area (Å²) in [6.07, 6.45) is 5.18. The molecule has 1 aromatic rings. The van der Waals surface area contributed by atoms with Crippen LogP contribution in [-0.4, -0.2) is 29.6 Å². The molecule has 4 unspecified atom stereocenters. The lowest BCUT2D eigenvalue weighted by molar-refractivity contribution is -0.123. The fourth-order valence-corrected chi connectivity index (χ4v) is 3.77. The minimum absolute atomic E-state index is 0. The van der Waals surface area contributed by atoms with Crippen molar-refractivity contribution in [2.75, 3.05) is 6.54 Å². The summed E-state index contributed by atoms with van der Waals surface area (Å²) in [5.74, 6) is 0.646.